The van der Waals surface area contributed by atoms with E-state index in [2.05, 4.69) is 4.98 Å². The Morgan fingerprint density at radius 1 is 1.20 bits per heavy atom. The molecule has 0 aliphatic carbocycles. The first kappa shape index (κ1) is 14.6. The molecule has 20 heavy (non-hydrogen) atoms. The summed E-state index contributed by atoms with van der Waals surface area (Å²) < 4.78 is 13.1. The van der Waals surface area contributed by atoms with Crippen molar-refractivity contribution in [2.45, 2.75) is 13.1 Å². The number of halogens is 1. The van der Waals surface area contributed by atoms with E-state index in [0.29, 0.717) is 18.7 Å². The third kappa shape index (κ3) is 3.87. The highest BCUT2D eigenvalue weighted by molar-refractivity contribution is 6.59. The maximum Gasteiger partial charge on any atom is 0.488 e. The van der Waals surface area contributed by atoms with Gasteiger partial charge in [0.15, 0.2) is 0 Å². The molecular weight excluding hydrogens is 258 g/mol. The molecule has 1 heterocycles. The van der Waals surface area contributed by atoms with E-state index in [1.807, 2.05) is 30.1 Å². The Morgan fingerprint density at radius 3 is 2.65 bits per heavy atom. The Bertz CT molecular complexity index is 566. The number of benzene rings is 1. The van der Waals surface area contributed by atoms with E-state index >= 15 is 0 Å². The summed E-state index contributed by atoms with van der Waals surface area (Å²) in [5, 5.41) is 18.6. The van der Waals surface area contributed by atoms with Crippen LogP contribution in [-0.2, 0) is 13.1 Å². The van der Waals surface area contributed by atoms with Crippen molar-refractivity contribution in [1.82, 2.24) is 9.88 Å². The van der Waals surface area contributed by atoms with Crippen LogP contribution in [0.3, 0.4) is 0 Å². The summed E-state index contributed by atoms with van der Waals surface area (Å²) in [5.41, 5.74) is 1.79. The van der Waals surface area contributed by atoms with Gasteiger partial charge in [-0.05, 0) is 42.3 Å². The molecule has 0 aliphatic rings. The van der Waals surface area contributed by atoms with Gasteiger partial charge in [-0.1, -0.05) is 12.1 Å². The van der Waals surface area contributed by atoms with E-state index in [4.69, 9.17) is 0 Å². The summed E-state index contributed by atoms with van der Waals surface area (Å²) >= 11 is 0. The van der Waals surface area contributed by atoms with Crippen molar-refractivity contribution in [2.24, 2.45) is 0 Å². The Hall–Kier alpha value is -1.76. The first-order chi connectivity index (χ1) is 9.56. The third-order valence-corrected chi connectivity index (χ3v) is 2.98. The van der Waals surface area contributed by atoms with Crippen LogP contribution in [0.1, 0.15) is 11.3 Å². The van der Waals surface area contributed by atoms with Crippen molar-refractivity contribution >= 4 is 12.6 Å². The molecule has 6 heteroatoms. The number of pyridine rings is 1. The fraction of sp³-hybridized carbons (Fsp3) is 0.214. The second kappa shape index (κ2) is 6.61. The van der Waals surface area contributed by atoms with Crippen LogP contribution < -0.4 is 5.46 Å². The molecule has 2 rings (SSSR count). The Kier molecular flexibility index (Phi) is 4.84. The van der Waals surface area contributed by atoms with Crippen molar-refractivity contribution in [3.63, 3.8) is 0 Å². The quantitative estimate of drug-likeness (QED) is 0.781. The molecule has 1 aromatic heterocycles. The molecule has 0 radical (unpaired) electrons. The zero-order valence-corrected chi connectivity index (χ0v) is 11.2. The second-order valence-corrected chi connectivity index (χ2v) is 4.71. The topological polar surface area (TPSA) is 56.6 Å². The van der Waals surface area contributed by atoms with Crippen LogP contribution in [0.5, 0.6) is 0 Å². The van der Waals surface area contributed by atoms with Gasteiger partial charge >= 0.3 is 7.12 Å². The van der Waals surface area contributed by atoms with E-state index in [-0.39, 0.29) is 5.46 Å². The molecule has 0 spiro atoms. The van der Waals surface area contributed by atoms with E-state index in [1.54, 1.807) is 12.3 Å². The van der Waals surface area contributed by atoms with Gasteiger partial charge in [-0.3, -0.25) is 9.88 Å². The highest BCUT2D eigenvalue weighted by Gasteiger charge is 2.17. The lowest BCUT2D eigenvalue weighted by atomic mass is 9.77. The van der Waals surface area contributed by atoms with E-state index in [9.17, 15) is 14.4 Å². The fourth-order valence-electron chi connectivity index (χ4n) is 2.07. The van der Waals surface area contributed by atoms with Gasteiger partial charge in [0, 0.05) is 19.3 Å². The summed E-state index contributed by atoms with van der Waals surface area (Å²) in [4.78, 5) is 6.21. The number of aromatic nitrogens is 1. The van der Waals surface area contributed by atoms with E-state index < -0.39 is 12.9 Å². The minimum absolute atomic E-state index is 0.192. The van der Waals surface area contributed by atoms with E-state index in [1.165, 1.54) is 6.07 Å². The Balaban J connectivity index is 2.09. The molecule has 0 bridgehead atoms. The monoisotopic (exact) mass is 274 g/mol. The fourth-order valence-corrected chi connectivity index (χ4v) is 2.07. The first-order valence-electron chi connectivity index (χ1n) is 6.29. The smallest absolute Gasteiger partial charge is 0.423 e. The zero-order chi connectivity index (χ0) is 14.5. The summed E-state index contributed by atoms with van der Waals surface area (Å²) in [5.74, 6) is -0.482. The van der Waals surface area contributed by atoms with Gasteiger partial charge in [0.05, 0.1) is 5.69 Å². The standard InChI is InChI=1S/C14H16BFN2O2/c1-18(10-13-4-2-3-7-17-13)9-11-5-6-12(16)8-14(11)15(19)20/h2-8,19-20H,9-10H2,1H3. The third-order valence-electron chi connectivity index (χ3n) is 2.98. The van der Waals surface area contributed by atoms with Gasteiger partial charge in [-0.15, -0.1) is 0 Å². The van der Waals surface area contributed by atoms with Gasteiger partial charge in [0.1, 0.15) is 5.82 Å². The lowest BCUT2D eigenvalue weighted by molar-refractivity contribution is 0.315. The number of rotatable bonds is 5. The summed E-state index contributed by atoms with van der Waals surface area (Å²) in [6.07, 6.45) is 1.73. The molecule has 0 unspecified atom stereocenters. The van der Waals surface area contributed by atoms with Gasteiger partial charge < -0.3 is 10.0 Å². The average molecular weight is 274 g/mol. The van der Waals surface area contributed by atoms with Gasteiger partial charge in [-0.25, -0.2) is 4.39 Å². The summed E-state index contributed by atoms with van der Waals surface area (Å²) in [6.45, 7) is 1.10. The van der Waals surface area contributed by atoms with Crippen LogP contribution in [-0.4, -0.2) is 34.1 Å². The number of hydrogen-bond acceptors (Lipinski definition) is 4. The molecule has 0 atom stereocenters. The first-order valence-corrected chi connectivity index (χ1v) is 6.29. The normalized spacial score (nSPS) is 10.8. The van der Waals surface area contributed by atoms with Crippen molar-refractivity contribution in [3.05, 3.63) is 59.7 Å². The summed E-state index contributed by atoms with van der Waals surface area (Å²) in [7, 11) is 0.218. The predicted octanol–water partition coefficient (Wildman–Crippen LogP) is 0.532. The zero-order valence-electron chi connectivity index (χ0n) is 11.2. The van der Waals surface area contributed by atoms with E-state index in [0.717, 1.165) is 11.8 Å². The average Bonchev–Trinajstić information content (AvgIpc) is 2.41. The molecular formula is C14H16BFN2O2. The highest BCUT2D eigenvalue weighted by atomic mass is 19.1. The van der Waals surface area contributed by atoms with Crippen LogP contribution in [0.25, 0.3) is 0 Å². The van der Waals surface area contributed by atoms with Crippen molar-refractivity contribution in [3.8, 4) is 0 Å². The van der Waals surface area contributed by atoms with Crippen LogP contribution in [0.2, 0.25) is 0 Å². The van der Waals surface area contributed by atoms with Crippen molar-refractivity contribution < 1.29 is 14.4 Å². The van der Waals surface area contributed by atoms with Gasteiger partial charge in [0.2, 0.25) is 0 Å². The van der Waals surface area contributed by atoms with Gasteiger partial charge in [0.25, 0.3) is 0 Å². The Labute approximate surface area is 117 Å². The van der Waals surface area contributed by atoms with Crippen LogP contribution in [0.15, 0.2) is 42.6 Å². The number of hydrogen-bond donors (Lipinski definition) is 2. The lowest BCUT2D eigenvalue weighted by Crippen LogP contribution is -2.35. The molecule has 2 N–H and O–H groups in total. The van der Waals surface area contributed by atoms with Gasteiger partial charge in [-0.2, -0.15) is 0 Å². The molecule has 104 valence electrons. The lowest BCUT2D eigenvalue weighted by Gasteiger charge is -2.18. The molecule has 0 saturated heterocycles. The van der Waals surface area contributed by atoms with Crippen LogP contribution in [0.4, 0.5) is 4.39 Å². The molecule has 1 aromatic carbocycles. The molecule has 4 nitrogen and oxygen atoms in total. The number of nitrogens with zero attached hydrogens (tertiary/aromatic N) is 2. The van der Waals surface area contributed by atoms with Crippen molar-refractivity contribution in [1.29, 1.82) is 0 Å². The maximum atomic E-state index is 13.1. The molecule has 0 saturated carbocycles. The van der Waals surface area contributed by atoms with Crippen molar-refractivity contribution in [2.75, 3.05) is 7.05 Å². The summed E-state index contributed by atoms with van der Waals surface area (Å²) in [6, 6.07) is 9.72. The molecule has 0 aliphatic heterocycles. The molecule has 0 amide bonds. The Morgan fingerprint density at radius 2 is 2.00 bits per heavy atom. The SMILES string of the molecule is CN(Cc1ccccn1)Cc1ccc(F)cc1B(O)O. The molecule has 2 aromatic rings. The minimum atomic E-state index is -1.68. The van der Waals surface area contributed by atoms with Crippen LogP contribution >= 0.6 is 0 Å². The maximum absolute atomic E-state index is 13.1. The van der Waals surface area contributed by atoms with Crippen LogP contribution in [0, 0.1) is 5.82 Å². The predicted molar refractivity (Wildman–Crippen MR) is 75.6 cm³/mol. The minimum Gasteiger partial charge on any atom is -0.423 e. The largest absolute Gasteiger partial charge is 0.488 e. The molecule has 0 fully saturated rings. The highest BCUT2D eigenvalue weighted by Crippen LogP contribution is 2.07. The second-order valence-electron chi connectivity index (χ2n) is 4.71.